The fourth-order valence-electron chi connectivity index (χ4n) is 3.77. The van der Waals surface area contributed by atoms with E-state index in [9.17, 15) is 18.4 Å². The Bertz CT molecular complexity index is 1150. The van der Waals surface area contributed by atoms with Crippen LogP contribution < -0.4 is 10.1 Å². The van der Waals surface area contributed by atoms with Crippen molar-refractivity contribution in [2.75, 3.05) is 20.2 Å². The molecule has 168 valence electrons. The number of methoxy groups -OCH3 is 1. The van der Waals surface area contributed by atoms with Gasteiger partial charge in [-0.05, 0) is 41.5 Å². The highest BCUT2D eigenvalue weighted by molar-refractivity contribution is 5.95. The number of ether oxygens (including phenoxy) is 1. The summed E-state index contributed by atoms with van der Waals surface area (Å²) < 4.78 is 37.8. The summed E-state index contributed by atoms with van der Waals surface area (Å²) in [7, 11) is 1.51. The second kappa shape index (κ2) is 8.49. The quantitative estimate of drug-likeness (QED) is 0.593. The average molecular weight is 444 g/mol. The Kier molecular flexibility index (Phi) is 5.73. The van der Waals surface area contributed by atoms with Crippen molar-refractivity contribution in [2.24, 2.45) is 0 Å². The van der Waals surface area contributed by atoms with Gasteiger partial charge in [-0.1, -0.05) is 12.1 Å². The van der Waals surface area contributed by atoms with E-state index >= 15 is 0 Å². The molecule has 0 saturated carbocycles. The summed E-state index contributed by atoms with van der Waals surface area (Å²) >= 11 is 0. The summed E-state index contributed by atoms with van der Waals surface area (Å²) in [4.78, 5) is 24.8. The largest absolute Gasteiger partial charge is 0.493 e. The summed E-state index contributed by atoms with van der Waals surface area (Å²) in [5.74, 6) is -2.01. The van der Waals surface area contributed by atoms with E-state index in [4.69, 9.17) is 14.3 Å². The standard InChI is InChI=1S/C23H22F2N2O5/c1-31-19-12-16(10-17-11-18(32-20(17)19)13-26-22(29)30)14-2-4-15(5-3-14)21(28)27-8-6-23(24,25)7-9-27/h2-5,10-12,26H,6-9,13H2,1H3,(H,29,30). The van der Waals surface area contributed by atoms with Crippen molar-refractivity contribution in [1.82, 2.24) is 10.2 Å². The number of nitrogens with zero attached hydrogens (tertiary/aromatic N) is 1. The summed E-state index contributed by atoms with van der Waals surface area (Å²) in [5.41, 5.74) is 2.60. The maximum absolute atomic E-state index is 13.4. The molecule has 2 aromatic carbocycles. The van der Waals surface area contributed by atoms with E-state index in [-0.39, 0.29) is 38.4 Å². The molecule has 0 bridgehead atoms. The molecule has 1 fully saturated rings. The second-order valence-corrected chi connectivity index (χ2v) is 7.69. The molecule has 0 radical (unpaired) electrons. The van der Waals surface area contributed by atoms with Gasteiger partial charge in [0.15, 0.2) is 11.3 Å². The van der Waals surface area contributed by atoms with E-state index in [1.807, 2.05) is 6.07 Å². The molecule has 1 aromatic heterocycles. The number of rotatable bonds is 5. The van der Waals surface area contributed by atoms with Gasteiger partial charge >= 0.3 is 6.09 Å². The first-order valence-electron chi connectivity index (χ1n) is 10.1. The zero-order valence-electron chi connectivity index (χ0n) is 17.4. The lowest BCUT2D eigenvalue weighted by atomic mass is 10.0. The molecule has 32 heavy (non-hydrogen) atoms. The van der Waals surface area contributed by atoms with Crippen LogP contribution in [0.25, 0.3) is 22.1 Å². The molecule has 0 atom stereocenters. The van der Waals surface area contributed by atoms with E-state index in [0.29, 0.717) is 22.7 Å². The van der Waals surface area contributed by atoms with E-state index in [1.54, 1.807) is 36.4 Å². The van der Waals surface area contributed by atoms with Crippen molar-refractivity contribution in [2.45, 2.75) is 25.3 Å². The molecule has 1 aliphatic rings. The molecule has 1 saturated heterocycles. The van der Waals surface area contributed by atoms with Crippen molar-refractivity contribution >= 4 is 23.0 Å². The lowest BCUT2D eigenvalue weighted by molar-refractivity contribution is -0.0494. The zero-order valence-corrected chi connectivity index (χ0v) is 17.4. The molecule has 9 heteroatoms. The zero-order chi connectivity index (χ0) is 22.9. The molecule has 2 N–H and O–H groups in total. The van der Waals surface area contributed by atoms with Crippen LogP contribution in [-0.2, 0) is 6.54 Å². The lowest BCUT2D eigenvalue weighted by Crippen LogP contribution is -2.42. The van der Waals surface area contributed by atoms with Gasteiger partial charge in [0.1, 0.15) is 5.76 Å². The van der Waals surface area contributed by atoms with Gasteiger partial charge in [-0.15, -0.1) is 0 Å². The van der Waals surface area contributed by atoms with Crippen LogP contribution in [0.15, 0.2) is 46.9 Å². The number of amides is 2. The van der Waals surface area contributed by atoms with Crippen LogP contribution in [0.3, 0.4) is 0 Å². The average Bonchev–Trinajstić information content (AvgIpc) is 3.20. The van der Waals surface area contributed by atoms with Crippen LogP contribution in [0.5, 0.6) is 5.75 Å². The number of carbonyl (C=O) groups is 2. The molecule has 2 heterocycles. The molecule has 3 aromatic rings. The minimum absolute atomic E-state index is 0.0295. The maximum Gasteiger partial charge on any atom is 0.405 e. The van der Waals surface area contributed by atoms with Gasteiger partial charge in [-0.2, -0.15) is 0 Å². The summed E-state index contributed by atoms with van der Waals surface area (Å²) in [6.45, 7) is 0.115. The number of hydrogen-bond acceptors (Lipinski definition) is 4. The number of hydrogen-bond donors (Lipinski definition) is 2. The highest BCUT2D eigenvalue weighted by atomic mass is 19.3. The molecule has 2 amide bonds. The number of halogens is 2. The van der Waals surface area contributed by atoms with Crippen LogP contribution in [0.4, 0.5) is 13.6 Å². The molecule has 4 rings (SSSR count). The third-order valence-electron chi connectivity index (χ3n) is 5.51. The highest BCUT2D eigenvalue weighted by Crippen LogP contribution is 2.35. The Morgan fingerprint density at radius 1 is 1.12 bits per heavy atom. The van der Waals surface area contributed by atoms with Crippen molar-refractivity contribution in [3.8, 4) is 16.9 Å². The van der Waals surface area contributed by atoms with Gasteiger partial charge in [0, 0.05) is 36.9 Å². The monoisotopic (exact) mass is 444 g/mol. The van der Waals surface area contributed by atoms with Gasteiger partial charge in [-0.25, -0.2) is 13.6 Å². The van der Waals surface area contributed by atoms with Crippen molar-refractivity contribution < 1.29 is 32.6 Å². The number of carboxylic acid groups (broad SMARTS) is 1. The van der Waals surface area contributed by atoms with Crippen molar-refractivity contribution in [3.63, 3.8) is 0 Å². The first-order valence-corrected chi connectivity index (χ1v) is 10.1. The lowest BCUT2D eigenvalue weighted by Gasteiger charge is -2.31. The Morgan fingerprint density at radius 3 is 2.44 bits per heavy atom. The third kappa shape index (κ3) is 4.51. The predicted octanol–water partition coefficient (Wildman–Crippen LogP) is 4.75. The third-order valence-corrected chi connectivity index (χ3v) is 5.51. The van der Waals surface area contributed by atoms with E-state index in [0.717, 1.165) is 16.5 Å². The van der Waals surface area contributed by atoms with Crippen LogP contribution >= 0.6 is 0 Å². The van der Waals surface area contributed by atoms with Gasteiger partial charge in [0.05, 0.1) is 13.7 Å². The number of likely N-dealkylation sites (tertiary alicyclic amines) is 1. The van der Waals surface area contributed by atoms with Crippen LogP contribution in [0.1, 0.15) is 29.0 Å². The molecule has 7 nitrogen and oxygen atoms in total. The number of nitrogens with one attached hydrogen (secondary N) is 1. The molecule has 1 aliphatic heterocycles. The highest BCUT2D eigenvalue weighted by Gasteiger charge is 2.35. The molecule has 0 spiro atoms. The predicted molar refractivity (Wildman–Crippen MR) is 113 cm³/mol. The topological polar surface area (TPSA) is 92.0 Å². The van der Waals surface area contributed by atoms with Gasteiger partial charge < -0.3 is 24.5 Å². The number of furan rings is 1. The Labute approximate surface area is 182 Å². The van der Waals surface area contributed by atoms with Crippen LogP contribution in [0.2, 0.25) is 0 Å². The van der Waals surface area contributed by atoms with Crippen LogP contribution in [-0.4, -0.2) is 48.1 Å². The maximum atomic E-state index is 13.4. The van der Waals surface area contributed by atoms with Gasteiger partial charge in [-0.3, -0.25) is 4.79 Å². The minimum atomic E-state index is -2.70. The first kappa shape index (κ1) is 21.6. The molecule has 0 unspecified atom stereocenters. The number of fused-ring (bicyclic) bond motifs is 1. The van der Waals surface area contributed by atoms with E-state index in [1.165, 1.54) is 12.0 Å². The van der Waals surface area contributed by atoms with E-state index in [2.05, 4.69) is 5.32 Å². The summed E-state index contributed by atoms with van der Waals surface area (Å²) in [6, 6.07) is 12.4. The Balaban J connectivity index is 1.56. The summed E-state index contributed by atoms with van der Waals surface area (Å²) in [5, 5.41) is 11.8. The SMILES string of the molecule is COc1cc(-c2ccc(C(=O)N3CCC(F)(F)CC3)cc2)cc2cc(CNC(=O)O)oc12. The Hall–Kier alpha value is -3.62. The molecular formula is C23H22F2N2O5. The minimum Gasteiger partial charge on any atom is -0.493 e. The number of benzene rings is 2. The fourth-order valence-corrected chi connectivity index (χ4v) is 3.77. The van der Waals surface area contributed by atoms with Crippen molar-refractivity contribution in [1.29, 1.82) is 0 Å². The second-order valence-electron chi connectivity index (χ2n) is 7.69. The molecule has 0 aliphatic carbocycles. The van der Waals surface area contributed by atoms with Gasteiger partial charge in [0.2, 0.25) is 0 Å². The normalized spacial score (nSPS) is 15.5. The summed E-state index contributed by atoms with van der Waals surface area (Å²) in [6.07, 6.45) is -1.78. The fraction of sp³-hybridized carbons (Fsp3) is 0.304. The number of carbonyl (C=O) groups excluding carboxylic acids is 1. The van der Waals surface area contributed by atoms with Gasteiger partial charge in [0.25, 0.3) is 11.8 Å². The van der Waals surface area contributed by atoms with E-state index < -0.39 is 12.0 Å². The molecular weight excluding hydrogens is 422 g/mol. The van der Waals surface area contributed by atoms with Crippen molar-refractivity contribution in [3.05, 3.63) is 53.8 Å². The number of piperidine rings is 1. The first-order chi connectivity index (χ1) is 15.3. The number of alkyl halides is 2. The van der Waals surface area contributed by atoms with Crippen LogP contribution in [0, 0.1) is 0 Å². The smallest absolute Gasteiger partial charge is 0.405 e. The Morgan fingerprint density at radius 2 is 1.81 bits per heavy atom.